The second kappa shape index (κ2) is 6.31. The van der Waals surface area contributed by atoms with Gasteiger partial charge in [-0.3, -0.25) is 0 Å². The third-order valence-corrected chi connectivity index (χ3v) is 3.77. The molecule has 21 heavy (non-hydrogen) atoms. The fourth-order valence-corrected chi connectivity index (χ4v) is 2.36. The normalized spacial score (nSPS) is 13.0. The van der Waals surface area contributed by atoms with E-state index in [0.29, 0.717) is 0 Å². The lowest BCUT2D eigenvalue weighted by molar-refractivity contribution is 0.282. The van der Waals surface area contributed by atoms with Crippen molar-refractivity contribution in [2.75, 3.05) is 5.32 Å². The van der Waals surface area contributed by atoms with E-state index >= 15 is 0 Å². The van der Waals surface area contributed by atoms with E-state index in [1.807, 2.05) is 24.3 Å². The van der Waals surface area contributed by atoms with Gasteiger partial charge in [-0.2, -0.15) is 0 Å². The van der Waals surface area contributed by atoms with E-state index in [-0.39, 0.29) is 18.1 Å². The summed E-state index contributed by atoms with van der Waals surface area (Å²) in [6.07, 6.45) is 0. The van der Waals surface area contributed by atoms with Gasteiger partial charge in [0.2, 0.25) is 0 Å². The molecule has 2 N–H and O–H groups in total. The van der Waals surface area contributed by atoms with Crippen LogP contribution in [0.4, 0.5) is 5.69 Å². The zero-order valence-electron chi connectivity index (χ0n) is 13.4. The van der Waals surface area contributed by atoms with Gasteiger partial charge in [-0.05, 0) is 41.2 Å². The first-order valence-corrected chi connectivity index (χ1v) is 7.47. The van der Waals surface area contributed by atoms with Gasteiger partial charge in [0.05, 0.1) is 6.61 Å². The number of aliphatic hydroxyl groups is 1. The molecule has 2 aromatic carbocycles. The average molecular weight is 283 g/mol. The zero-order chi connectivity index (χ0) is 15.5. The van der Waals surface area contributed by atoms with E-state index in [9.17, 15) is 5.11 Å². The molecule has 112 valence electrons. The molecule has 0 bridgehead atoms. The van der Waals surface area contributed by atoms with Gasteiger partial charge in [0.25, 0.3) is 0 Å². The topological polar surface area (TPSA) is 32.3 Å². The number of nitrogens with one attached hydrogen (secondary N) is 1. The summed E-state index contributed by atoms with van der Waals surface area (Å²) in [6.45, 7) is 8.90. The van der Waals surface area contributed by atoms with Gasteiger partial charge in [-0.25, -0.2) is 0 Å². The Morgan fingerprint density at radius 1 is 1.05 bits per heavy atom. The largest absolute Gasteiger partial charge is 0.392 e. The molecule has 2 heteroatoms. The maximum Gasteiger partial charge on any atom is 0.0682 e. The van der Waals surface area contributed by atoms with Crippen molar-refractivity contribution in [3.8, 4) is 0 Å². The fraction of sp³-hybridized carbons (Fsp3) is 0.368. The van der Waals surface area contributed by atoms with Gasteiger partial charge in [0.15, 0.2) is 0 Å². The van der Waals surface area contributed by atoms with Crippen molar-refractivity contribution in [1.82, 2.24) is 0 Å². The van der Waals surface area contributed by atoms with E-state index in [4.69, 9.17) is 0 Å². The Bertz CT molecular complexity index is 581. The predicted molar refractivity (Wildman–Crippen MR) is 89.5 cm³/mol. The number of rotatable bonds is 4. The van der Waals surface area contributed by atoms with Crippen LogP contribution in [0.5, 0.6) is 0 Å². The van der Waals surface area contributed by atoms with Gasteiger partial charge < -0.3 is 10.4 Å². The van der Waals surface area contributed by atoms with Gasteiger partial charge in [0, 0.05) is 11.7 Å². The Morgan fingerprint density at radius 3 is 2.29 bits per heavy atom. The Balaban J connectivity index is 2.11. The molecule has 0 fully saturated rings. The van der Waals surface area contributed by atoms with E-state index in [1.165, 1.54) is 11.1 Å². The number of benzene rings is 2. The van der Waals surface area contributed by atoms with E-state index in [1.54, 1.807) is 0 Å². The summed E-state index contributed by atoms with van der Waals surface area (Å²) in [6, 6.07) is 16.9. The van der Waals surface area contributed by atoms with Crippen LogP contribution < -0.4 is 5.32 Å². The van der Waals surface area contributed by atoms with Crippen molar-refractivity contribution in [1.29, 1.82) is 0 Å². The average Bonchev–Trinajstić information content (AvgIpc) is 2.46. The second-order valence-corrected chi connectivity index (χ2v) is 6.60. The lowest BCUT2D eigenvalue weighted by atomic mass is 9.86. The molecule has 0 aliphatic rings. The van der Waals surface area contributed by atoms with Crippen molar-refractivity contribution >= 4 is 5.69 Å². The Hall–Kier alpha value is -1.80. The van der Waals surface area contributed by atoms with Crippen LogP contribution in [0.15, 0.2) is 48.5 Å². The molecule has 1 unspecified atom stereocenters. The molecule has 2 nitrogen and oxygen atoms in total. The highest BCUT2D eigenvalue weighted by atomic mass is 16.3. The van der Waals surface area contributed by atoms with E-state index < -0.39 is 0 Å². The van der Waals surface area contributed by atoms with Crippen LogP contribution in [0.3, 0.4) is 0 Å². The summed E-state index contributed by atoms with van der Waals surface area (Å²) in [4.78, 5) is 0. The van der Waals surface area contributed by atoms with Crippen LogP contribution in [0.2, 0.25) is 0 Å². The molecule has 0 aliphatic carbocycles. The zero-order valence-corrected chi connectivity index (χ0v) is 13.4. The summed E-state index contributed by atoms with van der Waals surface area (Å²) >= 11 is 0. The first kappa shape index (κ1) is 15.6. The molecule has 0 aromatic heterocycles. The highest BCUT2D eigenvalue weighted by molar-refractivity contribution is 5.47. The van der Waals surface area contributed by atoms with Gasteiger partial charge in [-0.15, -0.1) is 0 Å². The number of aliphatic hydroxyl groups excluding tert-OH is 1. The maximum absolute atomic E-state index is 9.19. The molecular weight excluding hydrogens is 258 g/mol. The van der Waals surface area contributed by atoms with Crippen molar-refractivity contribution in [2.24, 2.45) is 0 Å². The highest BCUT2D eigenvalue weighted by Crippen LogP contribution is 2.25. The minimum atomic E-state index is 0.0736. The van der Waals surface area contributed by atoms with Crippen molar-refractivity contribution in [3.05, 3.63) is 65.2 Å². The predicted octanol–water partition coefficient (Wildman–Crippen LogP) is 4.65. The second-order valence-electron chi connectivity index (χ2n) is 6.60. The molecule has 0 radical (unpaired) electrons. The Kier molecular flexibility index (Phi) is 4.69. The third-order valence-electron chi connectivity index (χ3n) is 3.77. The van der Waals surface area contributed by atoms with Crippen molar-refractivity contribution in [3.63, 3.8) is 0 Å². The molecule has 2 rings (SSSR count). The number of hydrogen-bond donors (Lipinski definition) is 2. The summed E-state index contributed by atoms with van der Waals surface area (Å²) < 4.78 is 0. The van der Waals surface area contributed by atoms with Crippen molar-refractivity contribution in [2.45, 2.75) is 45.8 Å². The fourth-order valence-electron chi connectivity index (χ4n) is 2.36. The number of hydrogen-bond acceptors (Lipinski definition) is 2. The quantitative estimate of drug-likeness (QED) is 0.856. The number of anilines is 1. The molecule has 0 saturated carbocycles. The SMILES string of the molecule is CC(Nc1cccc(CO)c1)c1ccc(C(C)(C)C)cc1. The van der Waals surface area contributed by atoms with E-state index in [2.05, 4.69) is 57.3 Å². The first-order valence-electron chi connectivity index (χ1n) is 7.47. The molecule has 0 amide bonds. The van der Waals surface area contributed by atoms with Crippen LogP contribution in [0, 0.1) is 0 Å². The molecule has 2 aromatic rings. The standard InChI is InChI=1S/C19H25NO/c1-14(20-18-7-5-6-15(12-18)13-21)16-8-10-17(11-9-16)19(2,3)4/h5-12,14,20-21H,13H2,1-4H3. The molecule has 0 aliphatic heterocycles. The highest BCUT2D eigenvalue weighted by Gasteiger charge is 2.14. The van der Waals surface area contributed by atoms with Crippen LogP contribution in [0.25, 0.3) is 0 Å². The smallest absolute Gasteiger partial charge is 0.0682 e. The Labute approximate surface area is 127 Å². The monoisotopic (exact) mass is 283 g/mol. The Morgan fingerprint density at radius 2 is 1.71 bits per heavy atom. The molecular formula is C19H25NO. The first-order chi connectivity index (χ1) is 9.90. The molecule has 1 atom stereocenters. The van der Waals surface area contributed by atoms with Crippen LogP contribution in [-0.2, 0) is 12.0 Å². The van der Waals surface area contributed by atoms with Gasteiger partial charge in [-0.1, -0.05) is 57.2 Å². The third kappa shape index (κ3) is 4.08. The van der Waals surface area contributed by atoms with Gasteiger partial charge >= 0.3 is 0 Å². The molecule has 0 spiro atoms. The van der Waals surface area contributed by atoms with Crippen LogP contribution >= 0.6 is 0 Å². The van der Waals surface area contributed by atoms with Crippen LogP contribution in [-0.4, -0.2) is 5.11 Å². The van der Waals surface area contributed by atoms with E-state index in [0.717, 1.165) is 11.3 Å². The summed E-state index contributed by atoms with van der Waals surface area (Å²) in [5.41, 5.74) is 4.76. The van der Waals surface area contributed by atoms with Gasteiger partial charge in [0.1, 0.15) is 0 Å². The minimum Gasteiger partial charge on any atom is -0.392 e. The summed E-state index contributed by atoms with van der Waals surface area (Å²) in [5, 5.41) is 12.7. The summed E-state index contributed by atoms with van der Waals surface area (Å²) in [5.74, 6) is 0. The lowest BCUT2D eigenvalue weighted by Gasteiger charge is -2.21. The summed E-state index contributed by atoms with van der Waals surface area (Å²) in [7, 11) is 0. The molecule has 0 saturated heterocycles. The van der Waals surface area contributed by atoms with Crippen LogP contribution in [0.1, 0.15) is 50.4 Å². The lowest BCUT2D eigenvalue weighted by Crippen LogP contribution is -2.12. The maximum atomic E-state index is 9.19. The minimum absolute atomic E-state index is 0.0736. The van der Waals surface area contributed by atoms with Crippen molar-refractivity contribution < 1.29 is 5.11 Å². The molecule has 0 heterocycles.